The van der Waals surface area contributed by atoms with Crippen molar-refractivity contribution in [3.05, 3.63) is 59.4 Å². The molecule has 1 saturated heterocycles. The van der Waals surface area contributed by atoms with E-state index in [1.807, 2.05) is 12.1 Å². The van der Waals surface area contributed by atoms with E-state index in [0.717, 1.165) is 24.3 Å². The van der Waals surface area contributed by atoms with Crippen LogP contribution >= 0.6 is 0 Å². The third-order valence-electron chi connectivity index (χ3n) is 4.41. The molecule has 25 heavy (non-hydrogen) atoms. The quantitative estimate of drug-likeness (QED) is 0.912. The highest BCUT2D eigenvalue weighted by molar-refractivity contribution is 6.04. The summed E-state index contributed by atoms with van der Waals surface area (Å²) in [6.45, 7) is 7.02. The van der Waals surface area contributed by atoms with Gasteiger partial charge in [0.25, 0.3) is 5.91 Å². The number of carbonyl (C=O) groups excluding carboxylic acids is 1. The van der Waals surface area contributed by atoms with Crippen molar-refractivity contribution in [1.82, 2.24) is 0 Å². The normalized spacial score (nSPS) is 14.6. The van der Waals surface area contributed by atoms with Gasteiger partial charge in [-0.3, -0.25) is 4.79 Å². The van der Waals surface area contributed by atoms with Gasteiger partial charge < -0.3 is 15.0 Å². The minimum absolute atomic E-state index is 0.196. The van der Waals surface area contributed by atoms with Crippen LogP contribution in [-0.4, -0.2) is 32.2 Å². The molecule has 3 rings (SSSR count). The molecule has 2 aromatic carbocycles. The highest BCUT2D eigenvalue weighted by atomic mass is 19.1. The van der Waals surface area contributed by atoms with Crippen LogP contribution in [0.25, 0.3) is 0 Å². The molecule has 0 bridgehead atoms. The average molecular weight is 342 g/mol. The van der Waals surface area contributed by atoms with Crippen LogP contribution in [-0.2, 0) is 4.74 Å². The summed E-state index contributed by atoms with van der Waals surface area (Å²) in [5.41, 5.74) is 2.76. The van der Waals surface area contributed by atoms with E-state index in [1.165, 1.54) is 6.07 Å². The lowest BCUT2D eigenvalue weighted by Crippen LogP contribution is -2.36. The number of nitrogens with zero attached hydrogens (tertiary/aromatic N) is 1. The minimum atomic E-state index is -0.441. The lowest BCUT2D eigenvalue weighted by atomic mass is 10.0. The number of anilines is 2. The number of amides is 1. The van der Waals surface area contributed by atoms with Crippen molar-refractivity contribution in [2.45, 2.75) is 19.8 Å². The number of carbonyl (C=O) groups is 1. The fourth-order valence-electron chi connectivity index (χ4n) is 2.84. The summed E-state index contributed by atoms with van der Waals surface area (Å²) in [5, 5.41) is 2.68. The number of halogens is 1. The first-order valence-corrected chi connectivity index (χ1v) is 8.58. The topological polar surface area (TPSA) is 41.6 Å². The predicted octanol–water partition coefficient (Wildman–Crippen LogP) is 4.04. The minimum Gasteiger partial charge on any atom is -0.378 e. The zero-order valence-electron chi connectivity index (χ0n) is 14.6. The SMILES string of the molecule is CC(C)c1ccc(C(=O)Nc2cc(N3CCOCC3)ccc2F)cc1. The molecule has 1 N–H and O–H groups in total. The summed E-state index contributed by atoms with van der Waals surface area (Å²) in [5.74, 6) is -0.350. The zero-order valence-corrected chi connectivity index (χ0v) is 14.6. The molecule has 1 fully saturated rings. The number of nitrogens with one attached hydrogen (secondary N) is 1. The van der Waals surface area contributed by atoms with E-state index in [2.05, 4.69) is 24.1 Å². The van der Waals surface area contributed by atoms with Gasteiger partial charge in [0.05, 0.1) is 18.9 Å². The van der Waals surface area contributed by atoms with Gasteiger partial charge in [-0.05, 0) is 41.8 Å². The lowest BCUT2D eigenvalue weighted by molar-refractivity contribution is 0.102. The maximum Gasteiger partial charge on any atom is 0.255 e. The van der Waals surface area contributed by atoms with E-state index >= 15 is 0 Å². The number of hydrogen-bond acceptors (Lipinski definition) is 3. The molecule has 132 valence electrons. The van der Waals surface area contributed by atoms with E-state index in [0.29, 0.717) is 24.7 Å². The van der Waals surface area contributed by atoms with Crippen LogP contribution in [0.3, 0.4) is 0 Å². The third kappa shape index (κ3) is 4.17. The summed E-state index contributed by atoms with van der Waals surface area (Å²) in [6, 6.07) is 12.2. The molecule has 0 spiro atoms. The first-order chi connectivity index (χ1) is 12.0. The van der Waals surface area contributed by atoms with Gasteiger partial charge in [-0.2, -0.15) is 0 Å². The maximum atomic E-state index is 14.1. The molecule has 1 aliphatic heterocycles. The third-order valence-corrected chi connectivity index (χ3v) is 4.41. The number of ether oxygens (including phenoxy) is 1. The summed E-state index contributed by atoms with van der Waals surface area (Å²) < 4.78 is 19.5. The maximum absolute atomic E-state index is 14.1. The standard InChI is InChI=1S/C20H23FN2O2/c1-14(2)15-3-5-16(6-4-15)20(24)22-19-13-17(7-8-18(19)21)23-9-11-25-12-10-23/h3-8,13-14H,9-12H2,1-2H3,(H,22,24). The van der Waals surface area contributed by atoms with E-state index in [-0.39, 0.29) is 11.6 Å². The molecular formula is C20H23FN2O2. The average Bonchev–Trinajstić information content (AvgIpc) is 2.64. The van der Waals surface area contributed by atoms with Crippen molar-refractivity contribution in [3.63, 3.8) is 0 Å². The number of rotatable bonds is 4. The van der Waals surface area contributed by atoms with Crippen molar-refractivity contribution in [2.24, 2.45) is 0 Å². The molecule has 0 atom stereocenters. The Hall–Kier alpha value is -2.40. The van der Waals surface area contributed by atoms with Crippen LogP contribution in [0, 0.1) is 5.82 Å². The van der Waals surface area contributed by atoms with Gasteiger partial charge in [-0.15, -0.1) is 0 Å². The van der Waals surface area contributed by atoms with Crippen LogP contribution in [0.1, 0.15) is 35.7 Å². The molecular weight excluding hydrogens is 319 g/mol. The highest BCUT2D eigenvalue weighted by Crippen LogP contribution is 2.24. The van der Waals surface area contributed by atoms with Gasteiger partial charge in [0.2, 0.25) is 0 Å². The molecule has 0 aliphatic carbocycles. The van der Waals surface area contributed by atoms with Crippen LogP contribution in [0.15, 0.2) is 42.5 Å². The second kappa shape index (κ2) is 7.66. The Labute approximate surface area is 147 Å². The van der Waals surface area contributed by atoms with Crippen molar-refractivity contribution in [1.29, 1.82) is 0 Å². The zero-order chi connectivity index (χ0) is 17.8. The second-order valence-electron chi connectivity index (χ2n) is 6.49. The molecule has 0 radical (unpaired) electrons. The molecule has 0 unspecified atom stereocenters. The molecule has 1 aliphatic rings. The molecule has 2 aromatic rings. The molecule has 1 amide bonds. The van der Waals surface area contributed by atoms with Crippen LogP contribution in [0.2, 0.25) is 0 Å². The Morgan fingerprint density at radius 3 is 2.44 bits per heavy atom. The van der Waals surface area contributed by atoms with Crippen LogP contribution in [0.5, 0.6) is 0 Å². The smallest absolute Gasteiger partial charge is 0.255 e. The Balaban J connectivity index is 1.75. The number of morpholine rings is 1. The van der Waals surface area contributed by atoms with Crippen molar-refractivity contribution in [3.8, 4) is 0 Å². The number of benzene rings is 2. The van der Waals surface area contributed by atoms with Crippen LogP contribution in [0.4, 0.5) is 15.8 Å². The van der Waals surface area contributed by atoms with Gasteiger partial charge in [0.15, 0.2) is 0 Å². The van der Waals surface area contributed by atoms with Gasteiger partial charge >= 0.3 is 0 Å². The summed E-state index contributed by atoms with van der Waals surface area (Å²) in [6.07, 6.45) is 0. The first-order valence-electron chi connectivity index (χ1n) is 8.58. The molecule has 1 heterocycles. The van der Waals surface area contributed by atoms with E-state index in [1.54, 1.807) is 24.3 Å². The Morgan fingerprint density at radius 2 is 1.80 bits per heavy atom. The Bertz CT molecular complexity index is 738. The molecule has 0 aromatic heterocycles. The summed E-state index contributed by atoms with van der Waals surface area (Å²) in [4.78, 5) is 14.5. The summed E-state index contributed by atoms with van der Waals surface area (Å²) in [7, 11) is 0. The van der Waals surface area contributed by atoms with E-state index < -0.39 is 5.82 Å². The Morgan fingerprint density at radius 1 is 1.12 bits per heavy atom. The fraction of sp³-hybridized carbons (Fsp3) is 0.350. The fourth-order valence-corrected chi connectivity index (χ4v) is 2.84. The van der Waals surface area contributed by atoms with Gasteiger partial charge in [-0.25, -0.2) is 4.39 Å². The van der Waals surface area contributed by atoms with E-state index in [9.17, 15) is 9.18 Å². The van der Waals surface area contributed by atoms with Gasteiger partial charge in [0.1, 0.15) is 5.82 Å². The van der Waals surface area contributed by atoms with Gasteiger partial charge in [0, 0.05) is 24.3 Å². The number of hydrogen-bond donors (Lipinski definition) is 1. The second-order valence-corrected chi connectivity index (χ2v) is 6.49. The monoisotopic (exact) mass is 342 g/mol. The lowest BCUT2D eigenvalue weighted by Gasteiger charge is -2.29. The van der Waals surface area contributed by atoms with Gasteiger partial charge in [-0.1, -0.05) is 26.0 Å². The molecule has 0 saturated carbocycles. The van der Waals surface area contributed by atoms with Crippen molar-refractivity contribution >= 4 is 17.3 Å². The molecule has 5 heteroatoms. The van der Waals surface area contributed by atoms with Crippen molar-refractivity contribution in [2.75, 3.05) is 36.5 Å². The van der Waals surface area contributed by atoms with E-state index in [4.69, 9.17) is 4.74 Å². The predicted molar refractivity (Wildman–Crippen MR) is 97.9 cm³/mol. The summed E-state index contributed by atoms with van der Waals surface area (Å²) >= 11 is 0. The van der Waals surface area contributed by atoms with Crippen molar-refractivity contribution < 1.29 is 13.9 Å². The largest absolute Gasteiger partial charge is 0.378 e. The Kier molecular flexibility index (Phi) is 5.34. The molecule has 4 nitrogen and oxygen atoms in total. The highest BCUT2D eigenvalue weighted by Gasteiger charge is 2.15. The van der Waals surface area contributed by atoms with Crippen LogP contribution < -0.4 is 10.2 Å². The first kappa shape index (κ1) is 17.4.